The maximum atomic E-state index is 12.8. The Morgan fingerprint density at radius 2 is 0.603 bits per heavy atom. The van der Waals surface area contributed by atoms with Gasteiger partial charge in [0.25, 0.3) is 0 Å². The summed E-state index contributed by atoms with van der Waals surface area (Å²) in [5.41, 5.74) is 0. The van der Waals surface area contributed by atoms with Gasteiger partial charge in [0.15, 0.2) is 6.10 Å². The Labute approximate surface area is 419 Å². The molecule has 0 aromatic rings. The first kappa shape index (κ1) is 64.1. The molecule has 6 nitrogen and oxygen atoms in total. The van der Waals surface area contributed by atoms with Crippen molar-refractivity contribution in [1.29, 1.82) is 0 Å². The number of esters is 3. The van der Waals surface area contributed by atoms with Crippen molar-refractivity contribution in [3.8, 4) is 0 Å². The molecule has 0 fully saturated rings. The first-order valence-corrected chi connectivity index (χ1v) is 27.9. The number of ether oxygens (including phenoxy) is 3. The molecule has 0 aliphatic rings. The molecule has 0 bridgehead atoms. The van der Waals surface area contributed by atoms with Gasteiger partial charge in [-0.25, -0.2) is 0 Å². The zero-order valence-corrected chi connectivity index (χ0v) is 44.1. The van der Waals surface area contributed by atoms with E-state index in [1.54, 1.807) is 0 Å². The fourth-order valence-electron chi connectivity index (χ4n) is 7.34. The van der Waals surface area contributed by atoms with Crippen LogP contribution in [0.1, 0.15) is 245 Å². The van der Waals surface area contributed by atoms with E-state index in [4.69, 9.17) is 14.2 Å². The smallest absolute Gasteiger partial charge is 0.306 e. The average Bonchev–Trinajstić information content (AvgIpc) is 3.34. The normalized spacial score (nSPS) is 12.9. The van der Waals surface area contributed by atoms with Crippen LogP contribution in [-0.2, 0) is 28.6 Å². The highest BCUT2D eigenvalue weighted by molar-refractivity contribution is 5.71. The van der Waals surface area contributed by atoms with Crippen molar-refractivity contribution in [3.05, 3.63) is 109 Å². The van der Waals surface area contributed by atoms with E-state index in [0.29, 0.717) is 19.3 Å². The minimum atomic E-state index is -0.788. The number of carbonyl (C=O) groups is 3. The van der Waals surface area contributed by atoms with Crippen LogP contribution in [0.15, 0.2) is 109 Å². The van der Waals surface area contributed by atoms with Gasteiger partial charge in [-0.1, -0.05) is 233 Å². The van der Waals surface area contributed by atoms with Crippen molar-refractivity contribution in [2.45, 2.75) is 252 Å². The average molecular weight is 943 g/mol. The molecule has 0 aromatic heterocycles. The maximum Gasteiger partial charge on any atom is 0.306 e. The predicted octanol–water partition coefficient (Wildman–Crippen LogP) is 18.7. The molecule has 0 amide bonds. The van der Waals surface area contributed by atoms with Crippen LogP contribution in [0.2, 0.25) is 0 Å². The Morgan fingerprint density at radius 3 is 0.956 bits per heavy atom. The predicted molar refractivity (Wildman–Crippen MR) is 293 cm³/mol. The molecule has 386 valence electrons. The molecule has 0 aliphatic heterocycles. The Hall–Kier alpha value is -3.93. The first-order valence-electron chi connectivity index (χ1n) is 27.9. The van der Waals surface area contributed by atoms with E-state index < -0.39 is 6.10 Å². The molecule has 0 aromatic carbocycles. The summed E-state index contributed by atoms with van der Waals surface area (Å²) >= 11 is 0. The van der Waals surface area contributed by atoms with Crippen molar-refractivity contribution in [2.75, 3.05) is 13.2 Å². The highest BCUT2D eigenvalue weighted by Gasteiger charge is 2.19. The summed E-state index contributed by atoms with van der Waals surface area (Å²) in [6, 6.07) is 0. The third-order valence-electron chi connectivity index (χ3n) is 11.5. The third kappa shape index (κ3) is 53.0. The fourth-order valence-corrected chi connectivity index (χ4v) is 7.34. The molecule has 0 saturated carbocycles. The fraction of sp³-hybridized carbons (Fsp3) is 0.661. The standard InChI is InChI=1S/C62H102O6/c1-4-7-10-13-16-19-21-23-24-25-26-27-28-29-30-31-32-33-34-35-36-37-38-40-41-43-46-49-52-55-61(64)67-58-59(57-66-60(63)54-51-48-45-18-15-12-9-6-3)68-62(65)56-53-50-47-44-42-39-22-20-17-14-11-8-5-2/h7,10-11,14,16,19-20,22-24,26-27,29-30,32-33,35-36,59H,4-6,8-9,12-13,15,17-18,21,25,28,31,34,37-58H2,1-3H3/b10-7-,14-11-,19-16-,22-20-,24-23-,27-26-,30-29-,33-32-,36-35-. The topological polar surface area (TPSA) is 78.9 Å². The van der Waals surface area contributed by atoms with Crippen LogP contribution in [0, 0.1) is 0 Å². The molecule has 0 spiro atoms. The molecule has 0 saturated heterocycles. The summed E-state index contributed by atoms with van der Waals surface area (Å²) in [5, 5.41) is 0. The van der Waals surface area contributed by atoms with Gasteiger partial charge in [-0.15, -0.1) is 0 Å². The molecular weight excluding hydrogens is 841 g/mol. The summed E-state index contributed by atoms with van der Waals surface area (Å²) in [5.74, 6) is -0.921. The van der Waals surface area contributed by atoms with E-state index in [-0.39, 0.29) is 31.1 Å². The molecule has 1 unspecified atom stereocenters. The van der Waals surface area contributed by atoms with Gasteiger partial charge in [0.2, 0.25) is 0 Å². The Bertz CT molecular complexity index is 1410. The van der Waals surface area contributed by atoms with Crippen LogP contribution in [0.25, 0.3) is 0 Å². The molecule has 6 heteroatoms. The van der Waals surface area contributed by atoms with Gasteiger partial charge in [-0.3, -0.25) is 14.4 Å². The van der Waals surface area contributed by atoms with Gasteiger partial charge in [-0.2, -0.15) is 0 Å². The lowest BCUT2D eigenvalue weighted by Gasteiger charge is -2.18. The van der Waals surface area contributed by atoms with Crippen LogP contribution in [-0.4, -0.2) is 37.2 Å². The first-order chi connectivity index (χ1) is 33.5. The van der Waals surface area contributed by atoms with Crippen LogP contribution < -0.4 is 0 Å². The Kier molecular flexibility index (Phi) is 52.4. The zero-order chi connectivity index (χ0) is 49.3. The minimum Gasteiger partial charge on any atom is -0.462 e. The number of unbranched alkanes of at least 4 members (excludes halogenated alkanes) is 20. The molecule has 68 heavy (non-hydrogen) atoms. The van der Waals surface area contributed by atoms with Crippen LogP contribution in [0.4, 0.5) is 0 Å². The van der Waals surface area contributed by atoms with Gasteiger partial charge in [0.1, 0.15) is 13.2 Å². The van der Waals surface area contributed by atoms with Crippen LogP contribution >= 0.6 is 0 Å². The van der Waals surface area contributed by atoms with Gasteiger partial charge in [0, 0.05) is 19.3 Å². The molecule has 0 heterocycles. The highest BCUT2D eigenvalue weighted by atomic mass is 16.6. The summed E-state index contributed by atoms with van der Waals surface area (Å²) in [6.07, 6.45) is 75.2. The number of rotatable bonds is 49. The Morgan fingerprint density at radius 1 is 0.309 bits per heavy atom. The molecular formula is C62H102O6. The van der Waals surface area contributed by atoms with Gasteiger partial charge < -0.3 is 14.2 Å². The van der Waals surface area contributed by atoms with Crippen molar-refractivity contribution in [2.24, 2.45) is 0 Å². The third-order valence-corrected chi connectivity index (χ3v) is 11.5. The number of hydrogen-bond acceptors (Lipinski definition) is 6. The van der Waals surface area contributed by atoms with Gasteiger partial charge in [-0.05, 0) is 103 Å². The maximum absolute atomic E-state index is 12.8. The lowest BCUT2D eigenvalue weighted by Crippen LogP contribution is -2.30. The van der Waals surface area contributed by atoms with Crippen LogP contribution in [0.3, 0.4) is 0 Å². The minimum absolute atomic E-state index is 0.0873. The second-order valence-corrected chi connectivity index (χ2v) is 18.1. The lowest BCUT2D eigenvalue weighted by molar-refractivity contribution is -0.167. The summed E-state index contributed by atoms with van der Waals surface area (Å²) in [7, 11) is 0. The van der Waals surface area contributed by atoms with E-state index in [9.17, 15) is 14.4 Å². The summed E-state index contributed by atoms with van der Waals surface area (Å²) in [6.45, 7) is 6.40. The molecule has 0 N–H and O–H groups in total. The van der Waals surface area contributed by atoms with E-state index in [1.165, 1.54) is 64.2 Å². The van der Waals surface area contributed by atoms with Gasteiger partial charge in [0.05, 0.1) is 0 Å². The molecule has 0 rings (SSSR count). The Balaban J connectivity index is 4.22. The number of carbonyl (C=O) groups excluding carboxylic acids is 3. The van der Waals surface area contributed by atoms with Crippen molar-refractivity contribution >= 4 is 17.9 Å². The van der Waals surface area contributed by atoms with Crippen molar-refractivity contribution in [3.63, 3.8) is 0 Å². The SMILES string of the molecule is CC/C=C\C/C=C\C/C=C\C/C=C\C/C=C\C/C=C\C/C=C\CCCCCCCCCC(=O)OCC(COC(=O)CCCCCCCCCC)OC(=O)CCCCCCC/C=C\C/C=C\CCC. The highest BCUT2D eigenvalue weighted by Crippen LogP contribution is 2.14. The van der Waals surface area contributed by atoms with Crippen molar-refractivity contribution in [1.82, 2.24) is 0 Å². The van der Waals surface area contributed by atoms with Crippen LogP contribution in [0.5, 0.6) is 0 Å². The largest absolute Gasteiger partial charge is 0.462 e. The second-order valence-electron chi connectivity index (χ2n) is 18.1. The lowest BCUT2D eigenvalue weighted by atomic mass is 10.1. The zero-order valence-electron chi connectivity index (χ0n) is 44.1. The number of allylic oxidation sites excluding steroid dienone is 18. The molecule has 0 aliphatic carbocycles. The van der Waals surface area contributed by atoms with E-state index >= 15 is 0 Å². The quantitative estimate of drug-likeness (QED) is 0.0262. The second kappa shape index (κ2) is 55.7. The number of hydrogen-bond donors (Lipinski definition) is 0. The summed E-state index contributed by atoms with van der Waals surface area (Å²) in [4.78, 5) is 37.9. The monoisotopic (exact) mass is 943 g/mol. The molecule has 1 atom stereocenters. The van der Waals surface area contributed by atoms with E-state index in [2.05, 4.69) is 130 Å². The molecule has 0 radical (unpaired) electrons. The van der Waals surface area contributed by atoms with E-state index in [0.717, 1.165) is 141 Å². The van der Waals surface area contributed by atoms with Crippen molar-refractivity contribution < 1.29 is 28.6 Å². The van der Waals surface area contributed by atoms with Gasteiger partial charge >= 0.3 is 17.9 Å². The van der Waals surface area contributed by atoms with E-state index in [1.807, 2.05) is 0 Å². The summed E-state index contributed by atoms with van der Waals surface area (Å²) < 4.78 is 16.7.